The Kier molecular flexibility index (Phi) is 3.73. The molecule has 0 aliphatic carbocycles. The summed E-state index contributed by atoms with van der Waals surface area (Å²) in [6.45, 7) is 0.558. The van der Waals surface area contributed by atoms with Crippen molar-refractivity contribution in [3.05, 3.63) is 27.6 Å². The molecule has 0 radical (unpaired) electrons. The fourth-order valence-corrected chi connectivity index (χ4v) is 2.32. The summed E-state index contributed by atoms with van der Waals surface area (Å²) in [6, 6.07) is 1.80. The van der Waals surface area contributed by atoms with Crippen molar-refractivity contribution < 1.29 is 4.79 Å². The van der Waals surface area contributed by atoms with Gasteiger partial charge in [-0.05, 0) is 18.5 Å². The van der Waals surface area contributed by atoms with Gasteiger partial charge >= 0.3 is 0 Å². The smallest absolute Gasteiger partial charge is 0.268 e. The largest absolute Gasteiger partial charge is 0.337 e. The first-order valence-electron chi connectivity index (χ1n) is 5.47. The first-order chi connectivity index (χ1) is 8.61. The Labute approximate surface area is 108 Å². The van der Waals surface area contributed by atoms with Crippen molar-refractivity contribution in [2.75, 3.05) is 20.6 Å². The molecule has 18 heavy (non-hydrogen) atoms. The van der Waals surface area contributed by atoms with Crippen molar-refractivity contribution in [3.8, 4) is 0 Å². The number of hydrogen-bond acceptors (Lipinski definition) is 5. The molecule has 2 heterocycles. The van der Waals surface area contributed by atoms with Crippen LogP contribution >= 0.6 is 11.3 Å². The first-order valence-corrected chi connectivity index (χ1v) is 6.34. The monoisotopic (exact) mass is 266 g/mol. The highest BCUT2D eigenvalue weighted by atomic mass is 32.1. The Bertz CT molecular complexity index is 619. The predicted octanol–water partition coefficient (Wildman–Crippen LogP) is 0.162. The Hall–Kier alpha value is -1.73. The van der Waals surface area contributed by atoms with Crippen LogP contribution in [0.3, 0.4) is 0 Å². The molecule has 7 heteroatoms. The summed E-state index contributed by atoms with van der Waals surface area (Å²) in [7, 11) is 3.39. The van der Waals surface area contributed by atoms with Crippen LogP contribution in [0.2, 0.25) is 0 Å². The molecule has 0 spiro atoms. The van der Waals surface area contributed by atoms with E-state index in [1.807, 2.05) is 5.38 Å². The molecule has 1 amide bonds. The number of carbonyl (C=O) groups excluding carboxylic acids is 1. The third-order valence-electron chi connectivity index (χ3n) is 2.50. The van der Waals surface area contributed by atoms with Gasteiger partial charge in [-0.25, -0.2) is 4.98 Å². The maximum absolute atomic E-state index is 11.7. The van der Waals surface area contributed by atoms with E-state index in [4.69, 9.17) is 0 Å². The molecule has 0 atom stereocenters. The molecule has 96 valence electrons. The first kappa shape index (κ1) is 12.7. The quantitative estimate of drug-likeness (QED) is 0.826. The number of likely N-dealkylation sites (N-methyl/N-ethyl adjacent to an activating group) is 2. The number of nitrogens with one attached hydrogen (secondary N) is 2. The van der Waals surface area contributed by atoms with Crippen molar-refractivity contribution in [1.82, 2.24) is 20.2 Å². The average Bonchev–Trinajstić information content (AvgIpc) is 2.77. The SMILES string of the molecule is CNCC(=O)N(C)Cc1nc2ccsc2c(=O)[nH]1. The van der Waals surface area contributed by atoms with Gasteiger partial charge in [0, 0.05) is 7.05 Å². The molecule has 0 saturated heterocycles. The Morgan fingerprint density at radius 2 is 2.39 bits per heavy atom. The molecule has 2 aromatic rings. The van der Waals surface area contributed by atoms with Gasteiger partial charge in [0.2, 0.25) is 5.91 Å². The summed E-state index contributed by atoms with van der Waals surface area (Å²) in [5, 5.41) is 4.62. The lowest BCUT2D eigenvalue weighted by Crippen LogP contribution is -2.34. The van der Waals surface area contributed by atoms with Gasteiger partial charge < -0.3 is 15.2 Å². The Morgan fingerprint density at radius 3 is 3.11 bits per heavy atom. The fourth-order valence-electron chi connectivity index (χ4n) is 1.60. The van der Waals surface area contributed by atoms with E-state index < -0.39 is 0 Å². The van der Waals surface area contributed by atoms with E-state index in [9.17, 15) is 9.59 Å². The predicted molar refractivity (Wildman–Crippen MR) is 70.6 cm³/mol. The molecular weight excluding hydrogens is 252 g/mol. The molecule has 0 unspecified atom stereocenters. The molecule has 0 fully saturated rings. The van der Waals surface area contributed by atoms with E-state index in [2.05, 4.69) is 15.3 Å². The number of rotatable bonds is 4. The van der Waals surface area contributed by atoms with Crippen LogP contribution in [0.5, 0.6) is 0 Å². The van der Waals surface area contributed by atoms with Crippen LogP contribution in [0.25, 0.3) is 10.2 Å². The van der Waals surface area contributed by atoms with Gasteiger partial charge in [0.05, 0.1) is 18.6 Å². The number of aromatic nitrogens is 2. The minimum Gasteiger partial charge on any atom is -0.337 e. The maximum Gasteiger partial charge on any atom is 0.268 e. The highest BCUT2D eigenvalue weighted by Gasteiger charge is 2.11. The van der Waals surface area contributed by atoms with Gasteiger partial charge in [-0.3, -0.25) is 9.59 Å². The van der Waals surface area contributed by atoms with Crippen LogP contribution in [0, 0.1) is 0 Å². The zero-order valence-corrected chi connectivity index (χ0v) is 11.0. The molecule has 2 rings (SSSR count). The zero-order chi connectivity index (χ0) is 13.1. The van der Waals surface area contributed by atoms with Gasteiger partial charge in [-0.2, -0.15) is 0 Å². The summed E-state index contributed by atoms with van der Waals surface area (Å²) in [6.07, 6.45) is 0. The molecule has 6 nitrogen and oxygen atoms in total. The second-order valence-electron chi connectivity index (χ2n) is 3.93. The number of fused-ring (bicyclic) bond motifs is 1. The number of hydrogen-bond donors (Lipinski definition) is 2. The van der Waals surface area contributed by atoms with Gasteiger partial charge in [-0.15, -0.1) is 11.3 Å². The minimum absolute atomic E-state index is 0.0504. The van der Waals surface area contributed by atoms with E-state index in [1.54, 1.807) is 20.2 Å². The summed E-state index contributed by atoms with van der Waals surface area (Å²) in [5.41, 5.74) is 0.521. The summed E-state index contributed by atoms with van der Waals surface area (Å²) < 4.78 is 0.614. The van der Waals surface area contributed by atoms with Gasteiger partial charge in [0.25, 0.3) is 5.56 Å². The lowest BCUT2D eigenvalue weighted by Gasteiger charge is -2.16. The molecule has 2 N–H and O–H groups in total. The number of thiophene rings is 1. The Balaban J connectivity index is 2.21. The molecule has 0 aromatic carbocycles. The number of nitrogens with zero attached hydrogens (tertiary/aromatic N) is 2. The average molecular weight is 266 g/mol. The van der Waals surface area contributed by atoms with Crippen molar-refractivity contribution in [2.24, 2.45) is 0 Å². The third kappa shape index (κ3) is 2.57. The van der Waals surface area contributed by atoms with Gasteiger partial charge in [0.1, 0.15) is 10.5 Å². The van der Waals surface area contributed by atoms with Crippen molar-refractivity contribution in [2.45, 2.75) is 6.54 Å². The number of H-pyrrole nitrogens is 1. The summed E-state index contributed by atoms with van der Waals surface area (Å²) >= 11 is 1.36. The highest BCUT2D eigenvalue weighted by Crippen LogP contribution is 2.13. The molecule has 0 bridgehead atoms. The van der Waals surface area contributed by atoms with Crippen molar-refractivity contribution >= 4 is 27.5 Å². The van der Waals surface area contributed by atoms with Crippen LogP contribution in [0.1, 0.15) is 5.82 Å². The second kappa shape index (κ2) is 5.28. The van der Waals surface area contributed by atoms with E-state index >= 15 is 0 Å². The minimum atomic E-state index is -0.153. The number of amides is 1. The van der Waals surface area contributed by atoms with Crippen LogP contribution < -0.4 is 10.9 Å². The van der Waals surface area contributed by atoms with E-state index in [-0.39, 0.29) is 18.0 Å². The van der Waals surface area contributed by atoms with Gasteiger partial charge in [0.15, 0.2) is 0 Å². The molecule has 0 aliphatic heterocycles. The van der Waals surface area contributed by atoms with Crippen molar-refractivity contribution in [1.29, 1.82) is 0 Å². The van der Waals surface area contributed by atoms with E-state index in [1.165, 1.54) is 16.2 Å². The fraction of sp³-hybridized carbons (Fsp3) is 0.364. The van der Waals surface area contributed by atoms with Crippen LogP contribution in [-0.2, 0) is 11.3 Å². The molecular formula is C11H14N4O2S. The number of carbonyl (C=O) groups is 1. The maximum atomic E-state index is 11.7. The molecule has 2 aromatic heterocycles. The molecule has 0 aliphatic rings. The number of aromatic amines is 1. The van der Waals surface area contributed by atoms with E-state index in [0.717, 1.165) is 0 Å². The second-order valence-corrected chi connectivity index (χ2v) is 4.84. The van der Waals surface area contributed by atoms with Crippen LogP contribution in [0.15, 0.2) is 16.2 Å². The normalized spacial score (nSPS) is 10.8. The standard InChI is InChI=1S/C11H14N4O2S/c1-12-5-9(16)15(2)6-8-13-7-3-4-18-10(7)11(17)14-8/h3-4,12H,5-6H2,1-2H3,(H,13,14,17). The van der Waals surface area contributed by atoms with Crippen LogP contribution in [-0.4, -0.2) is 41.4 Å². The van der Waals surface area contributed by atoms with Gasteiger partial charge in [-0.1, -0.05) is 0 Å². The lowest BCUT2D eigenvalue weighted by molar-refractivity contribution is -0.129. The Morgan fingerprint density at radius 1 is 1.61 bits per heavy atom. The summed E-state index contributed by atoms with van der Waals surface area (Å²) in [5.74, 6) is 0.448. The molecule has 0 saturated carbocycles. The summed E-state index contributed by atoms with van der Waals surface area (Å²) in [4.78, 5) is 31.9. The third-order valence-corrected chi connectivity index (χ3v) is 3.41. The van der Waals surface area contributed by atoms with Crippen LogP contribution in [0.4, 0.5) is 0 Å². The lowest BCUT2D eigenvalue weighted by atomic mass is 10.4. The van der Waals surface area contributed by atoms with E-state index in [0.29, 0.717) is 22.6 Å². The van der Waals surface area contributed by atoms with Crippen molar-refractivity contribution in [3.63, 3.8) is 0 Å². The highest BCUT2D eigenvalue weighted by molar-refractivity contribution is 7.17. The zero-order valence-electron chi connectivity index (χ0n) is 10.2. The topological polar surface area (TPSA) is 78.1 Å².